The van der Waals surface area contributed by atoms with E-state index in [0.29, 0.717) is 18.2 Å². The Morgan fingerprint density at radius 2 is 2.14 bits per heavy atom. The fourth-order valence-electron chi connectivity index (χ4n) is 1.93. The number of nitrogens with one attached hydrogen (secondary N) is 1. The Labute approximate surface area is 87.7 Å². The molecule has 4 nitrogen and oxygen atoms in total. The molecular formula is C9H15N3OS. The molecule has 1 N–H and O–H groups in total. The molecule has 1 fully saturated rings. The van der Waals surface area contributed by atoms with Crippen LogP contribution in [0.3, 0.4) is 0 Å². The predicted octanol–water partition coefficient (Wildman–Crippen LogP) is 1.91. The maximum Gasteiger partial charge on any atom is 0.205 e. The van der Waals surface area contributed by atoms with Crippen LogP contribution in [0.25, 0.3) is 0 Å². The summed E-state index contributed by atoms with van der Waals surface area (Å²) >= 11 is 1.54. The third kappa shape index (κ3) is 2.42. The minimum Gasteiger partial charge on any atom is -0.375 e. The third-order valence-corrected chi connectivity index (χ3v) is 3.01. The second kappa shape index (κ2) is 4.23. The summed E-state index contributed by atoms with van der Waals surface area (Å²) in [5.41, 5.74) is 1.74. The van der Waals surface area contributed by atoms with Gasteiger partial charge in [0.05, 0.1) is 12.2 Å². The Morgan fingerprint density at radius 3 is 2.71 bits per heavy atom. The first-order chi connectivity index (χ1) is 6.74. The van der Waals surface area contributed by atoms with E-state index in [9.17, 15) is 0 Å². The van der Waals surface area contributed by atoms with Crippen LogP contribution in [0.2, 0.25) is 0 Å². The summed E-state index contributed by atoms with van der Waals surface area (Å²) < 4.78 is 5.66. The summed E-state index contributed by atoms with van der Waals surface area (Å²) in [6, 6.07) is 0.474. The van der Waals surface area contributed by atoms with Crippen LogP contribution in [-0.4, -0.2) is 28.4 Å². The molecule has 1 aromatic heterocycles. The van der Waals surface area contributed by atoms with E-state index in [4.69, 9.17) is 4.74 Å². The van der Waals surface area contributed by atoms with Gasteiger partial charge in [0, 0.05) is 6.04 Å². The largest absolute Gasteiger partial charge is 0.375 e. The van der Waals surface area contributed by atoms with Gasteiger partial charge in [-0.25, -0.2) is 0 Å². The molecule has 2 rings (SSSR count). The molecule has 0 amide bonds. The average molecular weight is 213 g/mol. The van der Waals surface area contributed by atoms with E-state index < -0.39 is 0 Å². The molecule has 0 saturated carbocycles. The average Bonchev–Trinajstić information content (AvgIpc) is 2.54. The number of ether oxygens (including phenoxy) is 1. The lowest BCUT2D eigenvalue weighted by atomic mass is 10.0. The first-order valence-electron chi connectivity index (χ1n) is 4.92. The van der Waals surface area contributed by atoms with Gasteiger partial charge in [-0.15, -0.1) is 10.2 Å². The number of hydrogen-bond donors (Lipinski definition) is 1. The van der Waals surface area contributed by atoms with Crippen LogP contribution < -0.4 is 5.32 Å². The standard InChI is InChI=1S/C9H15N3OS/c1-6-3-8(4-7(2)13-6)11-9-12-10-5-14-9/h5-8H,3-4H2,1-2H3,(H,11,12). The summed E-state index contributed by atoms with van der Waals surface area (Å²) in [7, 11) is 0. The van der Waals surface area contributed by atoms with Gasteiger partial charge in [-0.3, -0.25) is 0 Å². The van der Waals surface area contributed by atoms with Crippen molar-refractivity contribution >= 4 is 16.5 Å². The topological polar surface area (TPSA) is 47.0 Å². The van der Waals surface area contributed by atoms with Crippen LogP contribution in [-0.2, 0) is 4.74 Å². The summed E-state index contributed by atoms with van der Waals surface area (Å²) in [5.74, 6) is 0. The molecular weight excluding hydrogens is 198 g/mol. The Balaban J connectivity index is 1.91. The van der Waals surface area contributed by atoms with Gasteiger partial charge in [0.25, 0.3) is 0 Å². The van der Waals surface area contributed by atoms with Gasteiger partial charge in [-0.2, -0.15) is 0 Å². The SMILES string of the molecule is CC1CC(Nc2nncs2)CC(C)O1. The van der Waals surface area contributed by atoms with Crippen molar-refractivity contribution in [3.63, 3.8) is 0 Å². The summed E-state index contributed by atoms with van der Waals surface area (Å²) in [6.07, 6.45) is 2.77. The zero-order valence-electron chi connectivity index (χ0n) is 8.43. The van der Waals surface area contributed by atoms with E-state index >= 15 is 0 Å². The first kappa shape index (κ1) is 9.86. The van der Waals surface area contributed by atoms with Crippen LogP contribution in [0.4, 0.5) is 5.13 Å². The molecule has 78 valence electrons. The Kier molecular flexibility index (Phi) is 2.98. The van der Waals surface area contributed by atoms with Gasteiger partial charge in [0.2, 0.25) is 5.13 Å². The van der Waals surface area contributed by atoms with Crippen LogP contribution in [0.15, 0.2) is 5.51 Å². The molecule has 14 heavy (non-hydrogen) atoms. The predicted molar refractivity (Wildman–Crippen MR) is 56.6 cm³/mol. The van der Waals surface area contributed by atoms with Gasteiger partial charge in [-0.05, 0) is 26.7 Å². The Hall–Kier alpha value is -0.680. The molecule has 2 heterocycles. The lowest BCUT2D eigenvalue weighted by molar-refractivity contribution is -0.0337. The van der Waals surface area contributed by atoms with E-state index in [0.717, 1.165) is 18.0 Å². The molecule has 1 aliphatic heterocycles. The second-order valence-corrected chi connectivity index (χ2v) is 4.65. The van der Waals surface area contributed by atoms with Crippen molar-refractivity contribution < 1.29 is 4.74 Å². The zero-order chi connectivity index (χ0) is 9.97. The highest BCUT2D eigenvalue weighted by atomic mass is 32.1. The van der Waals surface area contributed by atoms with Gasteiger partial charge >= 0.3 is 0 Å². The van der Waals surface area contributed by atoms with E-state index in [1.165, 1.54) is 0 Å². The van der Waals surface area contributed by atoms with Gasteiger partial charge < -0.3 is 10.1 Å². The van der Waals surface area contributed by atoms with Gasteiger partial charge in [-0.1, -0.05) is 11.3 Å². The van der Waals surface area contributed by atoms with Gasteiger partial charge in [0.15, 0.2) is 0 Å². The molecule has 0 aliphatic carbocycles. The maximum absolute atomic E-state index is 5.66. The quantitative estimate of drug-likeness (QED) is 0.815. The highest BCUT2D eigenvalue weighted by Gasteiger charge is 2.24. The molecule has 1 aromatic rings. The monoisotopic (exact) mass is 213 g/mol. The number of aromatic nitrogens is 2. The minimum atomic E-state index is 0.337. The molecule has 1 aliphatic rings. The summed E-state index contributed by atoms with van der Waals surface area (Å²) in [4.78, 5) is 0. The third-order valence-electron chi connectivity index (χ3n) is 2.39. The molecule has 0 aromatic carbocycles. The van der Waals surface area contributed by atoms with Crippen molar-refractivity contribution in [3.05, 3.63) is 5.51 Å². The molecule has 0 bridgehead atoms. The smallest absolute Gasteiger partial charge is 0.205 e. The summed E-state index contributed by atoms with van der Waals surface area (Å²) in [6.45, 7) is 4.23. The minimum absolute atomic E-state index is 0.337. The van der Waals surface area contributed by atoms with E-state index in [-0.39, 0.29) is 0 Å². The van der Waals surface area contributed by atoms with Crippen LogP contribution in [0, 0.1) is 0 Å². The molecule has 0 radical (unpaired) electrons. The highest BCUT2D eigenvalue weighted by Crippen LogP contribution is 2.22. The van der Waals surface area contributed by atoms with Crippen molar-refractivity contribution in [1.82, 2.24) is 10.2 Å². The lowest BCUT2D eigenvalue weighted by Gasteiger charge is -2.32. The number of nitrogens with zero attached hydrogens (tertiary/aromatic N) is 2. The Morgan fingerprint density at radius 1 is 1.43 bits per heavy atom. The lowest BCUT2D eigenvalue weighted by Crippen LogP contribution is -2.36. The first-order valence-corrected chi connectivity index (χ1v) is 5.80. The molecule has 5 heteroatoms. The van der Waals surface area contributed by atoms with Crippen molar-refractivity contribution in [1.29, 1.82) is 0 Å². The summed E-state index contributed by atoms with van der Waals surface area (Å²) in [5, 5.41) is 12.1. The highest BCUT2D eigenvalue weighted by molar-refractivity contribution is 7.13. The van der Waals surface area contributed by atoms with Gasteiger partial charge in [0.1, 0.15) is 5.51 Å². The molecule has 1 saturated heterocycles. The van der Waals surface area contributed by atoms with Crippen molar-refractivity contribution in [2.75, 3.05) is 5.32 Å². The molecule has 0 spiro atoms. The van der Waals surface area contributed by atoms with Crippen LogP contribution in [0.1, 0.15) is 26.7 Å². The zero-order valence-corrected chi connectivity index (χ0v) is 9.25. The number of rotatable bonds is 2. The van der Waals surface area contributed by atoms with Crippen LogP contribution in [0.5, 0.6) is 0 Å². The fourth-order valence-corrected chi connectivity index (χ4v) is 2.46. The van der Waals surface area contributed by atoms with Crippen molar-refractivity contribution in [2.24, 2.45) is 0 Å². The van der Waals surface area contributed by atoms with Crippen LogP contribution >= 0.6 is 11.3 Å². The van der Waals surface area contributed by atoms with E-state index in [1.807, 2.05) is 0 Å². The number of hydrogen-bond acceptors (Lipinski definition) is 5. The molecule has 2 unspecified atom stereocenters. The van der Waals surface area contributed by atoms with E-state index in [1.54, 1.807) is 16.8 Å². The second-order valence-electron chi connectivity index (χ2n) is 3.81. The Bertz CT molecular complexity index is 268. The molecule has 2 atom stereocenters. The maximum atomic E-state index is 5.66. The normalized spacial score (nSPS) is 32.9. The van der Waals surface area contributed by atoms with E-state index in [2.05, 4.69) is 29.4 Å². The fraction of sp³-hybridized carbons (Fsp3) is 0.778. The van der Waals surface area contributed by atoms with Crippen molar-refractivity contribution in [3.8, 4) is 0 Å². The number of anilines is 1. The van der Waals surface area contributed by atoms with Crippen molar-refractivity contribution in [2.45, 2.75) is 44.9 Å².